The smallest absolute Gasteiger partial charge is 0.243 e. The van der Waals surface area contributed by atoms with Crippen molar-refractivity contribution in [1.82, 2.24) is 14.3 Å². The number of ether oxygens (including phenoxy) is 1. The summed E-state index contributed by atoms with van der Waals surface area (Å²) in [4.78, 5) is 19.4. The highest BCUT2D eigenvalue weighted by Gasteiger charge is 2.33. The number of nitrogens with zero attached hydrogens (tertiary/aromatic N) is 3. The van der Waals surface area contributed by atoms with E-state index >= 15 is 0 Å². The van der Waals surface area contributed by atoms with E-state index in [4.69, 9.17) is 4.74 Å². The maximum Gasteiger partial charge on any atom is 0.243 e. The lowest BCUT2D eigenvalue weighted by atomic mass is 10.2. The predicted octanol–water partition coefficient (Wildman–Crippen LogP) is 1.52. The minimum Gasteiger partial charge on any atom is -0.472 e. The van der Waals surface area contributed by atoms with E-state index in [1.165, 1.54) is 47.9 Å². The summed E-state index contributed by atoms with van der Waals surface area (Å²) in [5.74, 6) is 0.283. The van der Waals surface area contributed by atoms with Gasteiger partial charge in [-0.2, -0.15) is 4.31 Å². The molecule has 2 aromatic rings. The van der Waals surface area contributed by atoms with Gasteiger partial charge >= 0.3 is 0 Å². The van der Waals surface area contributed by atoms with Gasteiger partial charge in [0.2, 0.25) is 15.9 Å². The standard InChI is InChI=1S/C16H17N3O4S/c1-12(20)13-2-4-15(5-3-13)24(21,22)19-9-6-14(11-19)23-16-10-17-7-8-18-16/h2-5,7-8,10,14H,6,9,11H2,1H3. The minimum absolute atomic E-state index is 0.0995. The van der Waals surface area contributed by atoms with Gasteiger partial charge in [-0.25, -0.2) is 13.4 Å². The Morgan fingerprint density at radius 1 is 1.25 bits per heavy atom. The second kappa shape index (κ2) is 6.66. The fraction of sp³-hybridized carbons (Fsp3) is 0.312. The average Bonchev–Trinajstić information content (AvgIpc) is 3.05. The van der Waals surface area contributed by atoms with E-state index in [1.54, 1.807) is 6.20 Å². The second-order valence-electron chi connectivity index (χ2n) is 5.52. The van der Waals surface area contributed by atoms with Crippen LogP contribution >= 0.6 is 0 Å². The summed E-state index contributed by atoms with van der Waals surface area (Å²) < 4.78 is 32.4. The zero-order chi connectivity index (χ0) is 17.2. The molecule has 0 amide bonds. The van der Waals surface area contributed by atoms with Crippen molar-refractivity contribution in [2.45, 2.75) is 24.3 Å². The number of rotatable bonds is 5. The van der Waals surface area contributed by atoms with Crippen LogP contribution in [0.2, 0.25) is 0 Å². The van der Waals surface area contributed by atoms with Crippen LogP contribution in [0.4, 0.5) is 0 Å². The molecule has 8 heteroatoms. The second-order valence-corrected chi connectivity index (χ2v) is 7.45. The first-order valence-electron chi connectivity index (χ1n) is 7.50. The van der Waals surface area contributed by atoms with Crippen LogP contribution in [-0.2, 0) is 10.0 Å². The summed E-state index contributed by atoms with van der Waals surface area (Å²) in [6, 6.07) is 5.98. The third-order valence-electron chi connectivity index (χ3n) is 3.83. The van der Waals surface area contributed by atoms with Crippen LogP contribution < -0.4 is 4.74 Å². The molecule has 0 saturated carbocycles. The van der Waals surface area contributed by atoms with Crippen molar-refractivity contribution in [3.8, 4) is 5.88 Å². The van der Waals surface area contributed by atoms with Crippen LogP contribution in [-0.4, -0.2) is 47.7 Å². The van der Waals surface area contributed by atoms with Crippen molar-refractivity contribution in [2.75, 3.05) is 13.1 Å². The molecule has 1 aromatic heterocycles. The van der Waals surface area contributed by atoms with E-state index in [9.17, 15) is 13.2 Å². The Morgan fingerprint density at radius 3 is 2.62 bits per heavy atom. The number of carbonyl (C=O) groups excluding carboxylic acids is 1. The molecule has 0 aliphatic carbocycles. The molecule has 0 radical (unpaired) electrons. The van der Waals surface area contributed by atoms with Gasteiger partial charge in [-0.15, -0.1) is 0 Å². The predicted molar refractivity (Wildman–Crippen MR) is 86.3 cm³/mol. The molecule has 1 aliphatic rings. The summed E-state index contributed by atoms with van der Waals surface area (Å²) >= 11 is 0. The minimum atomic E-state index is -3.60. The molecule has 1 saturated heterocycles. The summed E-state index contributed by atoms with van der Waals surface area (Å²) in [6.45, 7) is 2.08. The van der Waals surface area contributed by atoms with Crippen molar-refractivity contribution >= 4 is 15.8 Å². The molecular weight excluding hydrogens is 330 g/mol. The molecule has 7 nitrogen and oxygen atoms in total. The quantitative estimate of drug-likeness (QED) is 0.762. The summed E-state index contributed by atoms with van der Waals surface area (Å²) in [6.07, 6.45) is 4.89. The number of carbonyl (C=O) groups is 1. The number of Topliss-reactive ketones (excluding diaryl/α,β-unsaturated/α-hetero) is 1. The molecule has 2 heterocycles. The Kier molecular flexibility index (Phi) is 4.59. The molecule has 1 atom stereocenters. The first-order valence-corrected chi connectivity index (χ1v) is 8.94. The first kappa shape index (κ1) is 16.5. The fourth-order valence-corrected chi connectivity index (χ4v) is 4.03. The summed E-state index contributed by atoms with van der Waals surface area (Å²) in [5, 5.41) is 0. The Hall–Kier alpha value is -2.32. The number of benzene rings is 1. The highest BCUT2D eigenvalue weighted by molar-refractivity contribution is 7.89. The number of hydrogen-bond acceptors (Lipinski definition) is 6. The van der Waals surface area contributed by atoms with E-state index in [0.29, 0.717) is 24.4 Å². The van der Waals surface area contributed by atoms with Gasteiger partial charge in [0.1, 0.15) is 6.10 Å². The number of sulfonamides is 1. The van der Waals surface area contributed by atoms with E-state index in [0.717, 1.165) is 0 Å². The van der Waals surface area contributed by atoms with Crippen LogP contribution in [0.5, 0.6) is 5.88 Å². The first-order chi connectivity index (χ1) is 11.5. The maximum absolute atomic E-state index is 12.7. The van der Waals surface area contributed by atoms with Gasteiger partial charge in [0.25, 0.3) is 0 Å². The Morgan fingerprint density at radius 2 is 2.00 bits per heavy atom. The number of hydrogen-bond donors (Lipinski definition) is 0. The Bertz CT molecular complexity index is 822. The zero-order valence-corrected chi connectivity index (χ0v) is 13.9. The van der Waals surface area contributed by atoms with Crippen molar-refractivity contribution in [1.29, 1.82) is 0 Å². The molecular formula is C16H17N3O4S. The zero-order valence-electron chi connectivity index (χ0n) is 13.1. The molecule has 1 unspecified atom stereocenters. The Labute approximate surface area is 140 Å². The third kappa shape index (κ3) is 3.44. The van der Waals surface area contributed by atoms with E-state index in [-0.39, 0.29) is 23.3 Å². The lowest BCUT2D eigenvalue weighted by molar-refractivity contribution is 0.101. The van der Waals surface area contributed by atoms with Gasteiger partial charge in [-0.1, -0.05) is 12.1 Å². The summed E-state index contributed by atoms with van der Waals surface area (Å²) in [5.41, 5.74) is 0.485. The molecule has 1 aliphatic heterocycles. The van der Waals surface area contributed by atoms with Crippen LogP contribution in [0.3, 0.4) is 0 Å². The van der Waals surface area contributed by atoms with E-state index < -0.39 is 10.0 Å². The van der Waals surface area contributed by atoms with E-state index in [1.807, 2.05) is 0 Å². The molecule has 0 N–H and O–H groups in total. The lowest BCUT2D eigenvalue weighted by Gasteiger charge is -2.17. The third-order valence-corrected chi connectivity index (χ3v) is 5.71. The van der Waals surface area contributed by atoms with Crippen molar-refractivity contribution in [3.05, 3.63) is 48.4 Å². The van der Waals surface area contributed by atoms with Crippen LogP contribution in [0.1, 0.15) is 23.7 Å². The Balaban J connectivity index is 1.71. The molecule has 24 heavy (non-hydrogen) atoms. The van der Waals surface area contributed by atoms with Crippen molar-refractivity contribution in [2.24, 2.45) is 0 Å². The highest BCUT2D eigenvalue weighted by Crippen LogP contribution is 2.23. The van der Waals surface area contributed by atoms with E-state index in [2.05, 4.69) is 9.97 Å². The lowest BCUT2D eigenvalue weighted by Crippen LogP contribution is -2.31. The largest absolute Gasteiger partial charge is 0.472 e. The van der Waals surface area contributed by atoms with Crippen molar-refractivity contribution < 1.29 is 17.9 Å². The van der Waals surface area contributed by atoms with Gasteiger partial charge in [0.15, 0.2) is 5.78 Å². The molecule has 1 fully saturated rings. The molecule has 0 bridgehead atoms. The molecule has 0 spiro atoms. The van der Waals surface area contributed by atoms with Crippen LogP contribution in [0, 0.1) is 0 Å². The monoisotopic (exact) mass is 347 g/mol. The molecule has 1 aromatic carbocycles. The van der Waals surface area contributed by atoms with Gasteiger partial charge in [-0.3, -0.25) is 9.78 Å². The van der Waals surface area contributed by atoms with Gasteiger partial charge in [-0.05, 0) is 25.5 Å². The number of aromatic nitrogens is 2. The van der Waals surface area contributed by atoms with Crippen LogP contribution in [0.25, 0.3) is 0 Å². The maximum atomic E-state index is 12.7. The fourth-order valence-electron chi connectivity index (χ4n) is 2.54. The topological polar surface area (TPSA) is 89.5 Å². The number of ketones is 1. The van der Waals surface area contributed by atoms with Gasteiger partial charge in [0, 0.05) is 24.5 Å². The SMILES string of the molecule is CC(=O)c1ccc(S(=O)(=O)N2CCC(Oc3cnccn3)C2)cc1. The molecule has 126 valence electrons. The van der Waals surface area contributed by atoms with Crippen molar-refractivity contribution in [3.63, 3.8) is 0 Å². The van der Waals surface area contributed by atoms with Gasteiger partial charge in [0.05, 0.1) is 17.6 Å². The van der Waals surface area contributed by atoms with Crippen LogP contribution in [0.15, 0.2) is 47.8 Å². The van der Waals surface area contributed by atoms with Gasteiger partial charge < -0.3 is 4.74 Å². The highest BCUT2D eigenvalue weighted by atomic mass is 32.2. The normalized spacial score (nSPS) is 18.5. The molecule has 3 rings (SSSR count). The average molecular weight is 347 g/mol. The summed E-state index contributed by atoms with van der Waals surface area (Å²) in [7, 11) is -3.60.